The maximum atomic E-state index is 11.1. The molecular formula is C7H10N2O3. The molecule has 5 nitrogen and oxygen atoms in total. The Hall–Kier alpha value is -1.10. The van der Waals surface area contributed by atoms with Gasteiger partial charge >= 0.3 is 6.09 Å². The Morgan fingerprint density at radius 1 is 1.50 bits per heavy atom. The number of hydrogen-bond donors (Lipinski definition) is 1. The summed E-state index contributed by atoms with van der Waals surface area (Å²) in [4.78, 5) is 23.4. The Kier molecular flexibility index (Phi) is 1.73. The molecule has 0 aromatic heterocycles. The Balaban J connectivity index is 2.09. The first-order chi connectivity index (χ1) is 5.79. The minimum atomic E-state index is -0.492. The third-order valence-electron chi connectivity index (χ3n) is 2.18. The fourth-order valence-corrected chi connectivity index (χ4v) is 1.58. The van der Waals surface area contributed by atoms with E-state index in [2.05, 4.69) is 10.1 Å². The molecule has 0 bridgehead atoms. The molecule has 0 aromatic rings. The normalized spacial score (nSPS) is 29.7. The van der Waals surface area contributed by atoms with E-state index in [1.165, 1.54) is 4.90 Å². The first-order valence-electron chi connectivity index (χ1n) is 3.98. The smallest absolute Gasteiger partial charge is 0.417 e. The average molecular weight is 170 g/mol. The molecule has 5 heteroatoms. The van der Waals surface area contributed by atoms with Crippen LogP contribution in [0.15, 0.2) is 0 Å². The second-order valence-electron chi connectivity index (χ2n) is 2.96. The molecule has 0 radical (unpaired) electrons. The maximum absolute atomic E-state index is 11.1. The highest BCUT2D eigenvalue weighted by Gasteiger charge is 2.37. The molecule has 2 fully saturated rings. The second-order valence-corrected chi connectivity index (χ2v) is 2.96. The lowest BCUT2D eigenvalue weighted by molar-refractivity contribution is -0.127. The predicted molar refractivity (Wildman–Crippen MR) is 39.5 cm³/mol. The lowest BCUT2D eigenvalue weighted by atomic mass is 10.2. The molecule has 2 saturated heterocycles. The van der Waals surface area contributed by atoms with Crippen molar-refractivity contribution in [1.82, 2.24) is 10.2 Å². The van der Waals surface area contributed by atoms with Gasteiger partial charge in [-0.1, -0.05) is 0 Å². The second kappa shape index (κ2) is 2.75. The number of rotatable bonds is 1. The topological polar surface area (TPSA) is 58.6 Å². The van der Waals surface area contributed by atoms with E-state index in [1.54, 1.807) is 0 Å². The van der Waals surface area contributed by atoms with Crippen molar-refractivity contribution < 1.29 is 14.3 Å². The number of nitrogens with zero attached hydrogens (tertiary/aromatic N) is 1. The number of carbonyl (C=O) groups is 2. The van der Waals surface area contributed by atoms with Gasteiger partial charge < -0.3 is 10.1 Å². The van der Waals surface area contributed by atoms with E-state index in [0.29, 0.717) is 6.54 Å². The molecule has 2 heterocycles. The van der Waals surface area contributed by atoms with Crippen molar-refractivity contribution in [3.8, 4) is 0 Å². The van der Waals surface area contributed by atoms with Gasteiger partial charge in [-0.05, 0) is 13.0 Å². The van der Waals surface area contributed by atoms with Gasteiger partial charge in [0.15, 0.2) is 6.61 Å². The third kappa shape index (κ3) is 1.06. The highest BCUT2D eigenvalue weighted by Crippen LogP contribution is 2.14. The first kappa shape index (κ1) is 7.54. The van der Waals surface area contributed by atoms with Crippen molar-refractivity contribution in [2.24, 2.45) is 0 Å². The van der Waals surface area contributed by atoms with Crippen LogP contribution in [0.4, 0.5) is 4.79 Å². The number of imide groups is 1. The van der Waals surface area contributed by atoms with Crippen molar-refractivity contribution in [2.75, 3.05) is 19.7 Å². The number of ether oxygens (including phenoxy) is 1. The molecule has 2 amide bonds. The minimum Gasteiger partial charge on any atom is -0.439 e. The van der Waals surface area contributed by atoms with Gasteiger partial charge in [-0.3, -0.25) is 4.79 Å². The fourth-order valence-electron chi connectivity index (χ4n) is 1.58. The van der Waals surface area contributed by atoms with Crippen LogP contribution in [-0.2, 0) is 9.53 Å². The summed E-state index contributed by atoms with van der Waals surface area (Å²) in [5.41, 5.74) is 0. The zero-order valence-corrected chi connectivity index (χ0v) is 6.58. The summed E-state index contributed by atoms with van der Waals surface area (Å²) in [7, 11) is 0. The van der Waals surface area contributed by atoms with E-state index in [9.17, 15) is 9.59 Å². The molecule has 1 N–H and O–H groups in total. The van der Waals surface area contributed by atoms with Crippen molar-refractivity contribution in [1.29, 1.82) is 0 Å². The highest BCUT2D eigenvalue weighted by molar-refractivity contribution is 5.98. The Morgan fingerprint density at radius 3 is 2.83 bits per heavy atom. The van der Waals surface area contributed by atoms with Crippen LogP contribution >= 0.6 is 0 Å². The molecule has 12 heavy (non-hydrogen) atoms. The standard InChI is InChI=1S/C7H10N2O3/c10-6-4-12-7(11)9(6)5-1-2-8-3-5/h5,8H,1-4H2/t5-/m1/s1. The van der Waals surface area contributed by atoms with Crippen molar-refractivity contribution in [3.63, 3.8) is 0 Å². The minimum absolute atomic E-state index is 0.00694. The molecule has 2 aliphatic heterocycles. The van der Waals surface area contributed by atoms with E-state index in [0.717, 1.165) is 13.0 Å². The van der Waals surface area contributed by atoms with Gasteiger partial charge in [0.05, 0.1) is 6.04 Å². The van der Waals surface area contributed by atoms with E-state index in [-0.39, 0.29) is 18.6 Å². The molecule has 66 valence electrons. The molecule has 2 aliphatic rings. The zero-order chi connectivity index (χ0) is 8.55. The molecule has 0 unspecified atom stereocenters. The summed E-state index contributed by atoms with van der Waals surface area (Å²) in [6, 6.07) is 0.00694. The fraction of sp³-hybridized carbons (Fsp3) is 0.714. The van der Waals surface area contributed by atoms with Crippen molar-refractivity contribution in [2.45, 2.75) is 12.5 Å². The molecule has 0 saturated carbocycles. The lowest BCUT2D eigenvalue weighted by Gasteiger charge is -2.17. The Bertz CT molecular complexity index is 207. The summed E-state index contributed by atoms with van der Waals surface area (Å²) in [5.74, 6) is -0.214. The Labute approximate surface area is 69.7 Å². The van der Waals surface area contributed by atoms with Gasteiger partial charge in [0.2, 0.25) is 0 Å². The number of carbonyl (C=O) groups excluding carboxylic acids is 2. The zero-order valence-electron chi connectivity index (χ0n) is 6.58. The number of amides is 2. The van der Waals surface area contributed by atoms with Crippen LogP contribution in [0.1, 0.15) is 6.42 Å². The van der Waals surface area contributed by atoms with Crippen LogP contribution in [0.2, 0.25) is 0 Å². The van der Waals surface area contributed by atoms with Crippen LogP contribution in [-0.4, -0.2) is 42.6 Å². The average Bonchev–Trinajstić information content (AvgIpc) is 2.61. The molecule has 1 atom stereocenters. The van der Waals surface area contributed by atoms with Crippen molar-refractivity contribution in [3.05, 3.63) is 0 Å². The predicted octanol–water partition coefficient (Wildman–Crippen LogP) is -0.673. The van der Waals surface area contributed by atoms with Crippen LogP contribution in [0.3, 0.4) is 0 Å². The van der Waals surface area contributed by atoms with Gasteiger partial charge in [-0.15, -0.1) is 0 Å². The van der Waals surface area contributed by atoms with Gasteiger partial charge in [-0.2, -0.15) is 0 Å². The summed E-state index contributed by atoms with van der Waals surface area (Å²) in [6.45, 7) is 1.47. The van der Waals surface area contributed by atoms with E-state index >= 15 is 0 Å². The summed E-state index contributed by atoms with van der Waals surface area (Å²) in [6.07, 6.45) is 0.342. The number of cyclic esters (lactones) is 1. The van der Waals surface area contributed by atoms with Crippen molar-refractivity contribution >= 4 is 12.0 Å². The maximum Gasteiger partial charge on any atom is 0.417 e. The SMILES string of the molecule is O=C1COC(=O)N1[C@@H]1CCNC1. The van der Waals surface area contributed by atoms with E-state index in [1.807, 2.05) is 0 Å². The summed E-state index contributed by atoms with van der Waals surface area (Å²) >= 11 is 0. The quantitative estimate of drug-likeness (QED) is 0.567. The van der Waals surface area contributed by atoms with Crippen LogP contribution in [0.5, 0.6) is 0 Å². The molecule has 2 rings (SSSR count). The van der Waals surface area contributed by atoms with Crippen LogP contribution < -0.4 is 5.32 Å². The monoisotopic (exact) mass is 170 g/mol. The summed E-state index contributed by atoms with van der Waals surface area (Å²) < 4.78 is 4.60. The van der Waals surface area contributed by atoms with E-state index < -0.39 is 6.09 Å². The largest absolute Gasteiger partial charge is 0.439 e. The van der Waals surface area contributed by atoms with E-state index in [4.69, 9.17) is 0 Å². The van der Waals surface area contributed by atoms with Gasteiger partial charge in [0.25, 0.3) is 5.91 Å². The molecule has 0 aromatic carbocycles. The third-order valence-corrected chi connectivity index (χ3v) is 2.18. The first-order valence-corrected chi connectivity index (χ1v) is 3.98. The van der Waals surface area contributed by atoms with Gasteiger partial charge in [0, 0.05) is 6.54 Å². The molecule has 0 aliphatic carbocycles. The van der Waals surface area contributed by atoms with Crippen LogP contribution in [0.25, 0.3) is 0 Å². The van der Waals surface area contributed by atoms with Crippen LogP contribution in [0, 0.1) is 0 Å². The summed E-state index contributed by atoms with van der Waals surface area (Å²) in [5, 5.41) is 3.09. The molecule has 0 spiro atoms. The highest BCUT2D eigenvalue weighted by atomic mass is 16.6. The number of hydrogen-bond acceptors (Lipinski definition) is 4. The van der Waals surface area contributed by atoms with Gasteiger partial charge in [-0.25, -0.2) is 9.69 Å². The number of nitrogens with one attached hydrogen (secondary N) is 1. The lowest BCUT2D eigenvalue weighted by Crippen LogP contribution is -2.40. The molecular weight excluding hydrogens is 160 g/mol. The Morgan fingerprint density at radius 2 is 2.33 bits per heavy atom. The van der Waals surface area contributed by atoms with Gasteiger partial charge in [0.1, 0.15) is 0 Å².